The van der Waals surface area contributed by atoms with E-state index in [1.807, 2.05) is 47.9 Å². The minimum Gasteiger partial charge on any atom is -0.495 e. The van der Waals surface area contributed by atoms with Crippen molar-refractivity contribution in [3.05, 3.63) is 82.7 Å². The van der Waals surface area contributed by atoms with E-state index in [1.54, 1.807) is 12.4 Å². The van der Waals surface area contributed by atoms with Crippen LogP contribution in [0.15, 0.2) is 72.1 Å². The number of amides is 1. The lowest BCUT2D eigenvalue weighted by molar-refractivity contribution is -0.384. The number of aromatic nitrogens is 4. The van der Waals surface area contributed by atoms with Crippen molar-refractivity contribution in [2.45, 2.75) is 12.1 Å². The van der Waals surface area contributed by atoms with E-state index in [2.05, 4.69) is 20.5 Å². The van der Waals surface area contributed by atoms with E-state index in [-0.39, 0.29) is 23.0 Å². The number of pyridine rings is 1. The molecule has 1 amide bonds. The average molecular weight is 477 g/mol. The Morgan fingerprint density at radius 3 is 2.71 bits per heavy atom. The summed E-state index contributed by atoms with van der Waals surface area (Å²) < 4.78 is 7.10. The third-order valence-corrected chi connectivity index (χ3v) is 5.84. The molecule has 0 aliphatic heterocycles. The van der Waals surface area contributed by atoms with Crippen molar-refractivity contribution in [3.63, 3.8) is 0 Å². The highest BCUT2D eigenvalue weighted by atomic mass is 32.2. The predicted molar refractivity (Wildman–Crippen MR) is 128 cm³/mol. The largest absolute Gasteiger partial charge is 0.495 e. The van der Waals surface area contributed by atoms with Gasteiger partial charge >= 0.3 is 0 Å². The molecule has 0 bridgehead atoms. The fourth-order valence-electron chi connectivity index (χ4n) is 3.30. The smallest absolute Gasteiger partial charge is 0.271 e. The molecule has 0 saturated heterocycles. The quantitative estimate of drug-likeness (QED) is 0.227. The van der Waals surface area contributed by atoms with Crippen LogP contribution in [0.2, 0.25) is 0 Å². The molecular formula is C23H20N6O4S. The number of para-hydroxylation sites is 1. The predicted octanol–water partition coefficient (Wildman–Crippen LogP) is 4.29. The normalized spacial score (nSPS) is 10.6. The van der Waals surface area contributed by atoms with Crippen molar-refractivity contribution >= 4 is 29.0 Å². The number of thioether (sulfide) groups is 1. The SMILES string of the molecule is COc1ccc([N+](=O)[O-])cc1NC(=O)CSc1nnc(-c2cccnc2)n1-c1ccccc1C. The molecule has 0 aliphatic rings. The molecule has 0 spiro atoms. The van der Waals surface area contributed by atoms with E-state index >= 15 is 0 Å². The van der Waals surface area contributed by atoms with Gasteiger partial charge in [0.1, 0.15) is 5.75 Å². The Labute approximate surface area is 199 Å². The minimum atomic E-state index is -0.533. The molecule has 34 heavy (non-hydrogen) atoms. The van der Waals surface area contributed by atoms with Gasteiger partial charge in [-0.05, 0) is 36.8 Å². The van der Waals surface area contributed by atoms with Crippen LogP contribution >= 0.6 is 11.8 Å². The van der Waals surface area contributed by atoms with Crippen molar-refractivity contribution in [1.29, 1.82) is 0 Å². The first-order chi connectivity index (χ1) is 16.5. The molecule has 0 fully saturated rings. The zero-order valence-electron chi connectivity index (χ0n) is 18.3. The van der Waals surface area contributed by atoms with Gasteiger partial charge in [-0.2, -0.15) is 0 Å². The molecule has 10 nitrogen and oxygen atoms in total. The highest BCUT2D eigenvalue weighted by Gasteiger charge is 2.19. The molecule has 2 heterocycles. The number of rotatable bonds is 8. The second kappa shape index (κ2) is 10.1. The van der Waals surface area contributed by atoms with Gasteiger partial charge in [-0.1, -0.05) is 30.0 Å². The van der Waals surface area contributed by atoms with Crippen LogP contribution < -0.4 is 10.1 Å². The van der Waals surface area contributed by atoms with Crippen molar-refractivity contribution in [3.8, 4) is 22.8 Å². The Bertz CT molecular complexity index is 1340. The lowest BCUT2D eigenvalue weighted by Crippen LogP contribution is -2.15. The van der Waals surface area contributed by atoms with Crippen molar-refractivity contribution in [1.82, 2.24) is 19.7 Å². The van der Waals surface area contributed by atoms with Crippen molar-refractivity contribution in [2.24, 2.45) is 0 Å². The number of nitro benzene ring substituents is 1. The summed E-state index contributed by atoms with van der Waals surface area (Å²) in [5, 5.41) is 23.0. The second-order valence-corrected chi connectivity index (χ2v) is 8.09. The van der Waals surface area contributed by atoms with Crippen LogP contribution in [0.25, 0.3) is 17.1 Å². The molecule has 0 radical (unpaired) electrons. The van der Waals surface area contributed by atoms with Crippen LogP contribution in [-0.4, -0.2) is 43.4 Å². The number of carbonyl (C=O) groups excluding carboxylic acids is 1. The number of methoxy groups -OCH3 is 1. The number of aryl methyl sites for hydroxylation is 1. The number of hydrogen-bond acceptors (Lipinski definition) is 8. The topological polar surface area (TPSA) is 125 Å². The van der Waals surface area contributed by atoms with Crippen LogP contribution in [0.3, 0.4) is 0 Å². The van der Waals surface area contributed by atoms with Gasteiger partial charge in [0, 0.05) is 30.1 Å². The minimum absolute atomic E-state index is 0.00288. The van der Waals surface area contributed by atoms with Crippen LogP contribution in [-0.2, 0) is 4.79 Å². The maximum absolute atomic E-state index is 12.7. The van der Waals surface area contributed by atoms with Gasteiger partial charge in [0.05, 0.1) is 29.2 Å². The fourth-order valence-corrected chi connectivity index (χ4v) is 4.05. The first-order valence-corrected chi connectivity index (χ1v) is 11.1. The number of ether oxygens (including phenoxy) is 1. The van der Waals surface area contributed by atoms with Gasteiger partial charge in [0.2, 0.25) is 5.91 Å². The number of nitrogens with zero attached hydrogens (tertiary/aromatic N) is 5. The monoisotopic (exact) mass is 476 g/mol. The van der Waals surface area contributed by atoms with Crippen LogP contribution in [0.1, 0.15) is 5.56 Å². The summed E-state index contributed by atoms with van der Waals surface area (Å²) in [5.74, 6) is 0.561. The molecule has 0 saturated carbocycles. The lowest BCUT2D eigenvalue weighted by Gasteiger charge is -2.13. The number of carbonyl (C=O) groups is 1. The summed E-state index contributed by atoms with van der Waals surface area (Å²) in [6.45, 7) is 1.98. The number of anilines is 1. The third kappa shape index (κ3) is 4.89. The summed E-state index contributed by atoms with van der Waals surface area (Å²) in [6, 6.07) is 15.5. The zero-order chi connectivity index (χ0) is 24.1. The third-order valence-electron chi connectivity index (χ3n) is 4.91. The molecule has 0 aliphatic carbocycles. The summed E-state index contributed by atoms with van der Waals surface area (Å²) in [6.07, 6.45) is 3.38. The van der Waals surface area contributed by atoms with Gasteiger partial charge in [0.25, 0.3) is 5.69 Å². The van der Waals surface area contributed by atoms with Gasteiger partial charge in [-0.15, -0.1) is 10.2 Å². The number of nitro groups is 1. The molecular weight excluding hydrogens is 456 g/mol. The van der Waals surface area contributed by atoms with Gasteiger partial charge < -0.3 is 10.1 Å². The highest BCUT2D eigenvalue weighted by molar-refractivity contribution is 7.99. The van der Waals surface area contributed by atoms with E-state index in [9.17, 15) is 14.9 Å². The molecule has 11 heteroatoms. The Kier molecular flexibility index (Phi) is 6.83. The summed E-state index contributed by atoms with van der Waals surface area (Å²) in [4.78, 5) is 27.4. The van der Waals surface area contributed by atoms with Gasteiger partial charge in [0.15, 0.2) is 11.0 Å². The fraction of sp³-hybridized carbons (Fsp3) is 0.130. The molecule has 2 aromatic carbocycles. The average Bonchev–Trinajstić information content (AvgIpc) is 3.27. The maximum atomic E-state index is 12.7. The number of nitrogens with one attached hydrogen (secondary N) is 1. The highest BCUT2D eigenvalue weighted by Crippen LogP contribution is 2.31. The first-order valence-electron chi connectivity index (χ1n) is 10.1. The van der Waals surface area contributed by atoms with E-state index in [1.165, 1.54) is 37.1 Å². The molecule has 1 N–H and O–H groups in total. The molecule has 4 aromatic rings. The van der Waals surface area contributed by atoms with E-state index < -0.39 is 4.92 Å². The summed E-state index contributed by atoms with van der Waals surface area (Å²) >= 11 is 1.20. The summed E-state index contributed by atoms with van der Waals surface area (Å²) in [7, 11) is 1.43. The first kappa shape index (κ1) is 22.9. The van der Waals surface area contributed by atoms with E-state index in [4.69, 9.17) is 4.74 Å². The van der Waals surface area contributed by atoms with E-state index in [0.29, 0.717) is 16.7 Å². The standard InChI is InChI=1S/C23H20N6O4S/c1-15-6-3-4-8-19(15)28-22(16-7-5-11-24-13-16)26-27-23(28)34-14-21(30)25-18-12-17(29(31)32)9-10-20(18)33-2/h3-13H,14H2,1-2H3,(H,25,30). The molecule has 172 valence electrons. The second-order valence-electron chi connectivity index (χ2n) is 7.15. The Balaban J connectivity index is 1.60. The summed E-state index contributed by atoms with van der Waals surface area (Å²) in [5.41, 5.74) is 2.76. The van der Waals surface area contributed by atoms with Crippen LogP contribution in [0.5, 0.6) is 5.75 Å². The number of hydrogen-bond donors (Lipinski definition) is 1. The number of benzene rings is 2. The van der Waals surface area contributed by atoms with Crippen LogP contribution in [0.4, 0.5) is 11.4 Å². The number of non-ortho nitro benzene ring substituents is 1. The lowest BCUT2D eigenvalue weighted by atomic mass is 10.2. The molecule has 0 unspecified atom stereocenters. The van der Waals surface area contributed by atoms with Crippen molar-refractivity contribution in [2.75, 3.05) is 18.2 Å². The van der Waals surface area contributed by atoms with Gasteiger partial charge in [-0.25, -0.2) is 0 Å². The maximum Gasteiger partial charge on any atom is 0.271 e. The molecule has 0 atom stereocenters. The van der Waals surface area contributed by atoms with Crippen LogP contribution in [0, 0.1) is 17.0 Å². The van der Waals surface area contributed by atoms with Gasteiger partial charge in [-0.3, -0.25) is 24.5 Å². The van der Waals surface area contributed by atoms with E-state index in [0.717, 1.165) is 16.8 Å². The Morgan fingerprint density at radius 1 is 1.18 bits per heavy atom. The zero-order valence-corrected chi connectivity index (χ0v) is 19.2. The Morgan fingerprint density at radius 2 is 2.00 bits per heavy atom. The van der Waals surface area contributed by atoms with Crippen molar-refractivity contribution < 1.29 is 14.5 Å². The molecule has 2 aromatic heterocycles. The Hall–Kier alpha value is -4.25. The molecule has 4 rings (SSSR count).